The van der Waals surface area contributed by atoms with Gasteiger partial charge in [-0.25, -0.2) is 0 Å². The Labute approximate surface area is 102 Å². The first-order valence-corrected chi connectivity index (χ1v) is 6.56. The number of pyridine rings is 1. The van der Waals surface area contributed by atoms with Crippen LogP contribution in [0.15, 0.2) is 36.4 Å². The molecule has 0 amide bonds. The van der Waals surface area contributed by atoms with Gasteiger partial charge in [-0.2, -0.15) is 4.57 Å². The highest BCUT2D eigenvalue weighted by atomic mass is 15.0. The van der Waals surface area contributed by atoms with Gasteiger partial charge in [0, 0.05) is 30.0 Å². The van der Waals surface area contributed by atoms with Crippen molar-refractivity contribution in [2.75, 3.05) is 0 Å². The van der Waals surface area contributed by atoms with Crippen molar-refractivity contribution in [2.45, 2.75) is 32.2 Å². The van der Waals surface area contributed by atoms with Gasteiger partial charge in [0.1, 0.15) is 0 Å². The van der Waals surface area contributed by atoms with Crippen molar-refractivity contribution < 1.29 is 4.57 Å². The van der Waals surface area contributed by atoms with Crippen molar-refractivity contribution in [3.63, 3.8) is 0 Å². The third-order valence-corrected chi connectivity index (χ3v) is 4.19. The number of aryl methyl sites for hydroxylation is 2. The fraction of sp³-hybridized carbons (Fsp3) is 0.312. The smallest absolute Gasteiger partial charge is 0.195 e. The van der Waals surface area contributed by atoms with Crippen molar-refractivity contribution >= 4 is 0 Å². The van der Waals surface area contributed by atoms with Crippen LogP contribution in [0.25, 0.3) is 11.3 Å². The molecule has 0 unspecified atom stereocenters. The second-order valence-electron chi connectivity index (χ2n) is 5.10. The first-order valence-electron chi connectivity index (χ1n) is 6.56. The topological polar surface area (TPSA) is 3.88 Å². The van der Waals surface area contributed by atoms with Gasteiger partial charge in [-0.15, -0.1) is 0 Å². The zero-order chi connectivity index (χ0) is 11.2. The zero-order valence-corrected chi connectivity index (χ0v) is 9.95. The molecule has 0 saturated carbocycles. The van der Waals surface area contributed by atoms with E-state index in [9.17, 15) is 0 Å². The molecule has 2 aromatic rings. The van der Waals surface area contributed by atoms with Gasteiger partial charge in [0.15, 0.2) is 12.2 Å². The maximum absolute atomic E-state index is 2.56. The summed E-state index contributed by atoms with van der Waals surface area (Å²) in [5.41, 5.74) is 7.54. The van der Waals surface area contributed by atoms with E-state index in [1.807, 2.05) is 0 Å². The fourth-order valence-corrected chi connectivity index (χ4v) is 3.36. The molecule has 0 saturated heterocycles. The lowest BCUT2D eigenvalue weighted by Crippen LogP contribution is -2.44. The highest BCUT2D eigenvalue weighted by Crippen LogP contribution is 2.28. The maximum atomic E-state index is 2.56. The van der Waals surface area contributed by atoms with Crippen LogP contribution in [-0.4, -0.2) is 0 Å². The van der Waals surface area contributed by atoms with Crippen LogP contribution in [0.3, 0.4) is 0 Å². The van der Waals surface area contributed by atoms with E-state index in [0.29, 0.717) is 0 Å². The Morgan fingerprint density at radius 2 is 1.76 bits per heavy atom. The Balaban J connectivity index is 2.00. The molecule has 0 spiro atoms. The van der Waals surface area contributed by atoms with Crippen LogP contribution in [0, 0.1) is 0 Å². The van der Waals surface area contributed by atoms with Gasteiger partial charge in [0.2, 0.25) is 5.69 Å². The molecule has 1 aliphatic heterocycles. The highest BCUT2D eigenvalue weighted by Gasteiger charge is 2.29. The summed E-state index contributed by atoms with van der Waals surface area (Å²) in [6.07, 6.45) is 5.06. The molecular formula is C16H16N+. The largest absolute Gasteiger partial charge is 0.212 e. The summed E-state index contributed by atoms with van der Waals surface area (Å²) in [6.45, 7) is 1.16. The third kappa shape index (κ3) is 1.28. The molecule has 1 nitrogen and oxygen atoms in total. The van der Waals surface area contributed by atoms with E-state index in [1.54, 1.807) is 11.3 Å². The molecule has 1 aromatic heterocycles. The zero-order valence-electron chi connectivity index (χ0n) is 9.95. The molecule has 0 fully saturated rings. The lowest BCUT2D eigenvalue weighted by Gasteiger charge is -2.16. The monoisotopic (exact) mass is 222 g/mol. The van der Waals surface area contributed by atoms with Crippen molar-refractivity contribution in [2.24, 2.45) is 0 Å². The number of hydrogen-bond donors (Lipinski definition) is 0. The molecule has 4 rings (SSSR count). The lowest BCUT2D eigenvalue weighted by atomic mass is 9.96. The number of fused-ring (bicyclic) bond motifs is 5. The Hall–Kier alpha value is -1.63. The van der Waals surface area contributed by atoms with E-state index in [-0.39, 0.29) is 0 Å². The molecule has 84 valence electrons. The van der Waals surface area contributed by atoms with Crippen molar-refractivity contribution in [1.82, 2.24) is 0 Å². The molecule has 2 heterocycles. The van der Waals surface area contributed by atoms with Crippen molar-refractivity contribution in [3.05, 3.63) is 53.2 Å². The minimum Gasteiger partial charge on any atom is -0.195 e. The van der Waals surface area contributed by atoms with Gasteiger partial charge < -0.3 is 0 Å². The van der Waals surface area contributed by atoms with Crippen LogP contribution in [0.5, 0.6) is 0 Å². The predicted octanol–water partition coefficient (Wildman–Crippen LogP) is 2.69. The Morgan fingerprint density at radius 1 is 0.824 bits per heavy atom. The Kier molecular flexibility index (Phi) is 1.90. The first-order chi connectivity index (χ1) is 8.43. The minimum atomic E-state index is 1.16. The number of benzene rings is 1. The van der Waals surface area contributed by atoms with Crippen LogP contribution in [-0.2, 0) is 25.8 Å². The van der Waals surface area contributed by atoms with Gasteiger partial charge in [-0.05, 0) is 30.5 Å². The molecule has 0 atom stereocenters. The summed E-state index contributed by atoms with van der Waals surface area (Å²) >= 11 is 0. The Morgan fingerprint density at radius 3 is 2.76 bits per heavy atom. The summed E-state index contributed by atoms with van der Waals surface area (Å²) in [4.78, 5) is 0. The maximum Gasteiger partial charge on any atom is 0.212 e. The minimum absolute atomic E-state index is 1.16. The fourth-order valence-electron chi connectivity index (χ4n) is 3.36. The van der Waals surface area contributed by atoms with E-state index < -0.39 is 0 Å². The van der Waals surface area contributed by atoms with Crippen LogP contribution in [0.2, 0.25) is 0 Å². The summed E-state index contributed by atoms with van der Waals surface area (Å²) < 4.78 is 2.56. The molecule has 1 heteroatoms. The average molecular weight is 222 g/mol. The number of nitrogens with zero attached hydrogens (tertiary/aromatic N) is 1. The van der Waals surface area contributed by atoms with Crippen LogP contribution >= 0.6 is 0 Å². The van der Waals surface area contributed by atoms with Gasteiger partial charge in [-0.3, -0.25) is 0 Å². The number of hydrogen-bond acceptors (Lipinski definition) is 0. The van der Waals surface area contributed by atoms with Gasteiger partial charge in [-0.1, -0.05) is 18.2 Å². The van der Waals surface area contributed by atoms with Crippen molar-refractivity contribution in [3.8, 4) is 11.3 Å². The van der Waals surface area contributed by atoms with E-state index in [2.05, 4.69) is 41.0 Å². The Bertz CT molecular complexity index is 598. The number of aromatic nitrogens is 1. The molecule has 0 radical (unpaired) electrons. The van der Waals surface area contributed by atoms with E-state index in [1.165, 1.54) is 42.5 Å². The average Bonchev–Trinajstić information content (AvgIpc) is 2.86. The van der Waals surface area contributed by atoms with Crippen LogP contribution < -0.4 is 4.57 Å². The number of rotatable bonds is 0. The molecular weight excluding hydrogens is 206 g/mol. The predicted molar refractivity (Wildman–Crippen MR) is 67.8 cm³/mol. The summed E-state index contributed by atoms with van der Waals surface area (Å²) in [5.74, 6) is 0. The van der Waals surface area contributed by atoms with Gasteiger partial charge >= 0.3 is 0 Å². The van der Waals surface area contributed by atoms with Gasteiger partial charge in [0.05, 0.1) is 0 Å². The summed E-state index contributed by atoms with van der Waals surface area (Å²) in [6, 6.07) is 13.5. The molecule has 1 aromatic carbocycles. The SMILES string of the molecule is c1ccc2c(c1)CC[n+]1c-2ccc2c1CCC2. The summed E-state index contributed by atoms with van der Waals surface area (Å²) in [5, 5.41) is 0. The highest BCUT2D eigenvalue weighted by molar-refractivity contribution is 5.62. The normalized spacial score (nSPS) is 16.2. The second kappa shape index (κ2) is 3.43. The van der Waals surface area contributed by atoms with Gasteiger partial charge in [0.25, 0.3) is 0 Å². The van der Waals surface area contributed by atoms with Crippen molar-refractivity contribution in [1.29, 1.82) is 0 Å². The molecule has 1 aliphatic carbocycles. The molecule has 0 N–H and O–H groups in total. The van der Waals surface area contributed by atoms with E-state index in [4.69, 9.17) is 0 Å². The van der Waals surface area contributed by atoms with Crippen LogP contribution in [0.4, 0.5) is 0 Å². The molecule has 17 heavy (non-hydrogen) atoms. The third-order valence-electron chi connectivity index (χ3n) is 4.19. The first kappa shape index (κ1) is 9.41. The molecule has 2 aliphatic rings. The lowest BCUT2D eigenvalue weighted by molar-refractivity contribution is -0.694. The second-order valence-corrected chi connectivity index (χ2v) is 5.10. The van der Waals surface area contributed by atoms with E-state index in [0.717, 1.165) is 6.54 Å². The van der Waals surface area contributed by atoms with Crippen LogP contribution in [0.1, 0.15) is 23.2 Å². The quantitative estimate of drug-likeness (QED) is 0.603. The molecule has 0 bridgehead atoms. The van der Waals surface area contributed by atoms with E-state index >= 15 is 0 Å². The summed E-state index contributed by atoms with van der Waals surface area (Å²) in [7, 11) is 0. The standard InChI is InChI=1S/C16H16N/c1-2-6-14-12(4-1)10-11-17-15-7-3-5-13(15)8-9-16(14)17/h1-2,4,6,8-9H,3,5,7,10-11H2/q+1.